The number of rotatable bonds is 5. The molecule has 0 saturated carbocycles. The first kappa shape index (κ1) is 16.1. The van der Waals surface area contributed by atoms with Gasteiger partial charge in [0.05, 0.1) is 5.69 Å². The standard InChI is InChI=1S/C15H24N2OS/c1-15(2,3)10-11(16)9-14(18)17-12-7-5-6-8-13(12)19-4/h5-8,11H,9-10,16H2,1-4H3,(H,17,18). The third-order valence-electron chi connectivity index (χ3n) is 2.70. The lowest BCUT2D eigenvalue weighted by molar-refractivity contribution is -0.116. The lowest BCUT2D eigenvalue weighted by atomic mass is 9.87. The number of nitrogens with two attached hydrogens (primary N) is 1. The normalized spacial score (nSPS) is 13.1. The summed E-state index contributed by atoms with van der Waals surface area (Å²) in [6.45, 7) is 6.40. The van der Waals surface area contributed by atoms with Gasteiger partial charge in [-0.25, -0.2) is 0 Å². The summed E-state index contributed by atoms with van der Waals surface area (Å²) < 4.78 is 0. The molecule has 0 aromatic heterocycles. The van der Waals surface area contributed by atoms with Gasteiger partial charge in [0.15, 0.2) is 0 Å². The van der Waals surface area contributed by atoms with Crippen LogP contribution in [0.4, 0.5) is 5.69 Å². The molecule has 0 saturated heterocycles. The highest BCUT2D eigenvalue weighted by Gasteiger charge is 2.18. The summed E-state index contributed by atoms with van der Waals surface area (Å²) in [6, 6.07) is 7.70. The molecule has 0 spiro atoms. The summed E-state index contributed by atoms with van der Waals surface area (Å²) in [7, 11) is 0. The third-order valence-corrected chi connectivity index (χ3v) is 3.50. The Morgan fingerprint density at radius 1 is 1.37 bits per heavy atom. The van der Waals surface area contributed by atoms with Gasteiger partial charge in [0.1, 0.15) is 0 Å². The Kier molecular flexibility index (Phi) is 5.88. The van der Waals surface area contributed by atoms with Crippen LogP contribution in [-0.4, -0.2) is 18.2 Å². The number of anilines is 1. The van der Waals surface area contributed by atoms with E-state index in [0.29, 0.717) is 6.42 Å². The van der Waals surface area contributed by atoms with Crippen molar-refractivity contribution in [2.75, 3.05) is 11.6 Å². The zero-order valence-corrected chi connectivity index (χ0v) is 13.0. The van der Waals surface area contributed by atoms with Crippen LogP contribution in [0.15, 0.2) is 29.2 Å². The highest BCUT2D eigenvalue weighted by molar-refractivity contribution is 7.98. The Hall–Kier alpha value is -1.00. The first-order valence-corrected chi connectivity index (χ1v) is 7.73. The summed E-state index contributed by atoms with van der Waals surface area (Å²) in [5.41, 5.74) is 7.03. The maximum atomic E-state index is 12.0. The van der Waals surface area contributed by atoms with Crippen LogP contribution in [0, 0.1) is 5.41 Å². The smallest absolute Gasteiger partial charge is 0.225 e. The largest absolute Gasteiger partial charge is 0.327 e. The predicted octanol–water partition coefficient (Wildman–Crippen LogP) is 3.50. The third kappa shape index (κ3) is 6.12. The van der Waals surface area contributed by atoms with Gasteiger partial charge in [0, 0.05) is 17.4 Å². The van der Waals surface area contributed by atoms with Crippen LogP contribution in [0.3, 0.4) is 0 Å². The second-order valence-corrected chi connectivity index (χ2v) is 6.83. The van der Waals surface area contributed by atoms with Gasteiger partial charge in [-0.3, -0.25) is 4.79 Å². The molecule has 4 heteroatoms. The minimum absolute atomic E-state index is 0.0155. The molecule has 1 rings (SSSR count). The van der Waals surface area contributed by atoms with Crippen LogP contribution in [-0.2, 0) is 4.79 Å². The average molecular weight is 280 g/mol. The van der Waals surface area contributed by atoms with E-state index in [-0.39, 0.29) is 17.4 Å². The number of hydrogen-bond donors (Lipinski definition) is 2. The van der Waals surface area contributed by atoms with Gasteiger partial charge in [-0.15, -0.1) is 11.8 Å². The van der Waals surface area contributed by atoms with Crippen molar-refractivity contribution in [2.24, 2.45) is 11.1 Å². The second kappa shape index (κ2) is 6.96. The zero-order chi connectivity index (χ0) is 14.5. The molecule has 0 fully saturated rings. The lowest BCUT2D eigenvalue weighted by Gasteiger charge is -2.22. The molecule has 0 aliphatic heterocycles. The van der Waals surface area contributed by atoms with E-state index in [2.05, 4.69) is 26.1 Å². The Bertz CT molecular complexity index is 426. The van der Waals surface area contributed by atoms with E-state index in [1.807, 2.05) is 30.5 Å². The lowest BCUT2D eigenvalue weighted by Crippen LogP contribution is -2.31. The molecule has 1 amide bonds. The van der Waals surface area contributed by atoms with Crippen molar-refractivity contribution in [3.8, 4) is 0 Å². The molecule has 1 aromatic carbocycles. The number of nitrogens with one attached hydrogen (secondary N) is 1. The van der Waals surface area contributed by atoms with Gasteiger partial charge in [-0.2, -0.15) is 0 Å². The SMILES string of the molecule is CSc1ccccc1NC(=O)CC(N)CC(C)(C)C. The van der Waals surface area contributed by atoms with Gasteiger partial charge in [0.25, 0.3) is 0 Å². The van der Waals surface area contributed by atoms with Crippen molar-refractivity contribution in [1.29, 1.82) is 0 Å². The minimum atomic E-state index is -0.0959. The fourth-order valence-corrected chi connectivity index (χ4v) is 2.60. The molecule has 0 radical (unpaired) electrons. The van der Waals surface area contributed by atoms with E-state index in [1.54, 1.807) is 11.8 Å². The van der Waals surface area contributed by atoms with Gasteiger partial charge in [0.2, 0.25) is 5.91 Å². The van der Waals surface area contributed by atoms with Crippen LogP contribution >= 0.6 is 11.8 Å². The number of carbonyl (C=O) groups is 1. The minimum Gasteiger partial charge on any atom is -0.327 e. The summed E-state index contributed by atoms with van der Waals surface area (Å²) in [5, 5.41) is 2.94. The van der Waals surface area contributed by atoms with Crippen LogP contribution in [0.25, 0.3) is 0 Å². The van der Waals surface area contributed by atoms with Crippen molar-refractivity contribution < 1.29 is 4.79 Å². The van der Waals surface area contributed by atoms with Gasteiger partial charge in [-0.05, 0) is 30.2 Å². The molecule has 3 N–H and O–H groups in total. The Labute approximate surface area is 120 Å². The van der Waals surface area contributed by atoms with Crippen molar-refractivity contribution in [2.45, 2.75) is 44.6 Å². The number of amides is 1. The van der Waals surface area contributed by atoms with E-state index >= 15 is 0 Å². The van der Waals surface area contributed by atoms with E-state index < -0.39 is 0 Å². The van der Waals surface area contributed by atoms with Crippen LogP contribution < -0.4 is 11.1 Å². The average Bonchev–Trinajstić information content (AvgIpc) is 2.26. The topological polar surface area (TPSA) is 55.1 Å². The number of para-hydroxylation sites is 1. The molecule has 1 atom stereocenters. The molecule has 19 heavy (non-hydrogen) atoms. The summed E-state index contributed by atoms with van der Waals surface area (Å²) in [5.74, 6) is -0.0155. The molecule has 0 aliphatic rings. The maximum Gasteiger partial charge on any atom is 0.225 e. The van der Waals surface area contributed by atoms with E-state index in [1.165, 1.54) is 0 Å². The molecule has 0 heterocycles. The highest BCUT2D eigenvalue weighted by atomic mass is 32.2. The van der Waals surface area contributed by atoms with Crippen molar-refractivity contribution in [3.05, 3.63) is 24.3 Å². The van der Waals surface area contributed by atoms with Gasteiger partial charge >= 0.3 is 0 Å². The summed E-state index contributed by atoms with van der Waals surface area (Å²) >= 11 is 1.62. The van der Waals surface area contributed by atoms with Crippen LogP contribution in [0.1, 0.15) is 33.6 Å². The molecule has 3 nitrogen and oxygen atoms in total. The molecule has 1 unspecified atom stereocenters. The molecule has 0 bridgehead atoms. The van der Waals surface area contributed by atoms with Crippen LogP contribution in [0.5, 0.6) is 0 Å². The first-order chi connectivity index (χ1) is 8.81. The number of thioether (sulfide) groups is 1. The fourth-order valence-electron chi connectivity index (χ4n) is 2.05. The fraction of sp³-hybridized carbons (Fsp3) is 0.533. The Morgan fingerprint density at radius 3 is 2.58 bits per heavy atom. The number of benzene rings is 1. The highest BCUT2D eigenvalue weighted by Crippen LogP contribution is 2.25. The van der Waals surface area contributed by atoms with Crippen molar-refractivity contribution in [3.63, 3.8) is 0 Å². The Morgan fingerprint density at radius 2 is 2.00 bits per heavy atom. The molecule has 0 aliphatic carbocycles. The van der Waals surface area contributed by atoms with Gasteiger partial charge < -0.3 is 11.1 Å². The van der Waals surface area contributed by atoms with E-state index in [0.717, 1.165) is 17.0 Å². The van der Waals surface area contributed by atoms with Crippen LogP contribution in [0.2, 0.25) is 0 Å². The maximum absolute atomic E-state index is 12.0. The summed E-state index contributed by atoms with van der Waals surface area (Å²) in [6.07, 6.45) is 3.20. The first-order valence-electron chi connectivity index (χ1n) is 6.50. The van der Waals surface area contributed by atoms with E-state index in [4.69, 9.17) is 5.73 Å². The zero-order valence-electron chi connectivity index (χ0n) is 12.2. The van der Waals surface area contributed by atoms with Crippen molar-refractivity contribution in [1.82, 2.24) is 0 Å². The second-order valence-electron chi connectivity index (χ2n) is 5.98. The summed E-state index contributed by atoms with van der Waals surface area (Å²) in [4.78, 5) is 13.0. The predicted molar refractivity (Wildman–Crippen MR) is 83.5 cm³/mol. The van der Waals surface area contributed by atoms with E-state index in [9.17, 15) is 4.79 Å². The Balaban J connectivity index is 2.56. The number of hydrogen-bond acceptors (Lipinski definition) is 3. The van der Waals surface area contributed by atoms with Crippen molar-refractivity contribution >= 4 is 23.4 Å². The quantitative estimate of drug-likeness (QED) is 0.812. The monoisotopic (exact) mass is 280 g/mol. The number of carbonyl (C=O) groups excluding carboxylic acids is 1. The molecule has 106 valence electrons. The molecular formula is C15H24N2OS. The van der Waals surface area contributed by atoms with Gasteiger partial charge in [-0.1, -0.05) is 32.9 Å². The molecule has 1 aromatic rings. The molecular weight excluding hydrogens is 256 g/mol.